The van der Waals surface area contributed by atoms with Crippen LogP contribution in [-0.2, 0) is 9.53 Å². The Balaban J connectivity index is 1.50. The second-order valence-corrected chi connectivity index (χ2v) is 8.47. The van der Waals surface area contributed by atoms with Crippen LogP contribution in [0, 0.1) is 5.92 Å². The maximum atomic E-state index is 12.3. The molecule has 1 saturated carbocycles. The van der Waals surface area contributed by atoms with Crippen molar-refractivity contribution in [1.82, 2.24) is 20.4 Å². The van der Waals surface area contributed by atoms with Gasteiger partial charge in [0, 0.05) is 63.4 Å². The van der Waals surface area contributed by atoms with Gasteiger partial charge in [0.1, 0.15) is 0 Å². The summed E-state index contributed by atoms with van der Waals surface area (Å²) in [6.45, 7) is 8.83. The lowest BCUT2D eigenvalue weighted by Gasteiger charge is -2.43. The molecule has 0 radical (unpaired) electrons. The molecular formula is C20H36N4O3. The highest BCUT2D eigenvalue weighted by atomic mass is 16.5. The van der Waals surface area contributed by atoms with Crippen LogP contribution in [0.25, 0.3) is 0 Å². The number of hydrogen-bond donors (Lipinski definition) is 2. The first-order valence-corrected chi connectivity index (χ1v) is 10.7. The summed E-state index contributed by atoms with van der Waals surface area (Å²) < 4.78 is 5.55. The zero-order chi connectivity index (χ0) is 19.2. The highest BCUT2D eigenvalue weighted by Crippen LogP contribution is 2.32. The molecule has 2 heterocycles. The molecule has 0 spiro atoms. The topological polar surface area (TPSA) is 73.9 Å². The van der Waals surface area contributed by atoms with Gasteiger partial charge in [-0.05, 0) is 52.4 Å². The lowest BCUT2D eigenvalue weighted by molar-refractivity contribution is -0.134. The van der Waals surface area contributed by atoms with Gasteiger partial charge in [0.2, 0.25) is 5.91 Å². The SMILES string of the molecule is CC(C)NC(=O)NCCN(C1CCOCC1)C1CCN(C(=O)C2CC2)CC1. The van der Waals surface area contributed by atoms with Crippen molar-refractivity contribution in [3.63, 3.8) is 0 Å². The molecule has 3 amide bonds. The zero-order valence-electron chi connectivity index (χ0n) is 16.9. The third kappa shape index (κ3) is 6.07. The average Bonchev–Trinajstić information content (AvgIpc) is 3.50. The van der Waals surface area contributed by atoms with Crippen LogP contribution >= 0.6 is 0 Å². The number of carbonyl (C=O) groups is 2. The van der Waals surface area contributed by atoms with E-state index in [1.165, 1.54) is 0 Å². The molecular weight excluding hydrogens is 344 g/mol. The Hall–Kier alpha value is -1.34. The fourth-order valence-electron chi connectivity index (χ4n) is 4.30. The van der Waals surface area contributed by atoms with Gasteiger partial charge in [-0.15, -0.1) is 0 Å². The molecule has 2 saturated heterocycles. The van der Waals surface area contributed by atoms with E-state index in [0.29, 0.717) is 30.5 Å². The van der Waals surface area contributed by atoms with Crippen molar-refractivity contribution in [2.24, 2.45) is 5.92 Å². The van der Waals surface area contributed by atoms with Crippen LogP contribution < -0.4 is 10.6 Å². The van der Waals surface area contributed by atoms with Crippen LogP contribution in [0.5, 0.6) is 0 Å². The number of nitrogens with one attached hydrogen (secondary N) is 2. The number of ether oxygens (including phenoxy) is 1. The average molecular weight is 381 g/mol. The van der Waals surface area contributed by atoms with Crippen LogP contribution in [-0.4, -0.2) is 79.3 Å². The Morgan fingerprint density at radius 3 is 2.26 bits per heavy atom. The van der Waals surface area contributed by atoms with E-state index < -0.39 is 0 Å². The third-order valence-corrected chi connectivity index (χ3v) is 5.91. The zero-order valence-corrected chi connectivity index (χ0v) is 16.9. The first-order valence-electron chi connectivity index (χ1n) is 10.7. The number of rotatable bonds is 7. The number of carbonyl (C=O) groups excluding carboxylic acids is 2. The van der Waals surface area contributed by atoms with E-state index in [9.17, 15) is 9.59 Å². The second kappa shape index (κ2) is 9.73. The minimum atomic E-state index is -0.0956. The fraction of sp³-hybridized carbons (Fsp3) is 0.900. The Morgan fingerprint density at radius 1 is 1.04 bits per heavy atom. The van der Waals surface area contributed by atoms with E-state index in [1.54, 1.807) is 0 Å². The van der Waals surface area contributed by atoms with Gasteiger partial charge in [-0.1, -0.05) is 0 Å². The number of amides is 3. The highest BCUT2D eigenvalue weighted by Gasteiger charge is 2.36. The highest BCUT2D eigenvalue weighted by molar-refractivity contribution is 5.81. The van der Waals surface area contributed by atoms with Crippen LogP contribution in [0.2, 0.25) is 0 Å². The first-order chi connectivity index (χ1) is 13.0. The van der Waals surface area contributed by atoms with Crippen molar-refractivity contribution in [3.8, 4) is 0 Å². The predicted molar refractivity (Wildman–Crippen MR) is 105 cm³/mol. The molecule has 7 heteroatoms. The maximum Gasteiger partial charge on any atom is 0.315 e. The summed E-state index contributed by atoms with van der Waals surface area (Å²) in [5, 5.41) is 5.86. The van der Waals surface area contributed by atoms with Gasteiger partial charge in [0.15, 0.2) is 0 Å². The molecule has 0 aromatic carbocycles. The molecule has 1 aliphatic carbocycles. The van der Waals surface area contributed by atoms with Gasteiger partial charge in [-0.2, -0.15) is 0 Å². The second-order valence-electron chi connectivity index (χ2n) is 8.47. The van der Waals surface area contributed by atoms with E-state index in [1.807, 2.05) is 13.8 Å². The maximum absolute atomic E-state index is 12.3. The molecule has 0 atom stereocenters. The summed E-state index contributed by atoms with van der Waals surface area (Å²) in [5.74, 6) is 0.690. The minimum Gasteiger partial charge on any atom is -0.381 e. The fourth-order valence-corrected chi connectivity index (χ4v) is 4.30. The lowest BCUT2D eigenvalue weighted by Crippen LogP contribution is -2.54. The smallest absolute Gasteiger partial charge is 0.315 e. The van der Waals surface area contributed by atoms with Crippen molar-refractivity contribution >= 4 is 11.9 Å². The van der Waals surface area contributed by atoms with Gasteiger partial charge in [0.25, 0.3) is 0 Å². The van der Waals surface area contributed by atoms with Crippen molar-refractivity contribution in [1.29, 1.82) is 0 Å². The Labute approximate surface area is 163 Å². The molecule has 2 aliphatic heterocycles. The molecule has 3 aliphatic rings. The van der Waals surface area contributed by atoms with E-state index in [2.05, 4.69) is 20.4 Å². The quantitative estimate of drug-likeness (QED) is 0.703. The normalized spacial score (nSPS) is 22.3. The number of urea groups is 1. The summed E-state index contributed by atoms with van der Waals surface area (Å²) >= 11 is 0. The standard InChI is InChI=1S/C20H36N4O3/c1-15(2)22-20(26)21-9-12-24(18-7-13-27-14-8-18)17-5-10-23(11-6-17)19(25)16-3-4-16/h15-18H,3-14H2,1-2H3,(H2,21,22,26). The number of piperidine rings is 1. The molecule has 0 aromatic rings. The van der Waals surface area contributed by atoms with Crippen LogP contribution in [0.4, 0.5) is 4.79 Å². The molecule has 27 heavy (non-hydrogen) atoms. The van der Waals surface area contributed by atoms with Gasteiger partial charge in [-0.25, -0.2) is 4.79 Å². The summed E-state index contributed by atoms with van der Waals surface area (Å²) in [5.41, 5.74) is 0. The predicted octanol–water partition coefficient (Wildman–Crippen LogP) is 1.58. The first kappa shape index (κ1) is 20.4. The van der Waals surface area contributed by atoms with Crippen molar-refractivity contribution in [3.05, 3.63) is 0 Å². The van der Waals surface area contributed by atoms with Gasteiger partial charge < -0.3 is 20.3 Å². The Bertz CT molecular complexity index is 495. The third-order valence-electron chi connectivity index (χ3n) is 5.91. The molecule has 3 fully saturated rings. The van der Waals surface area contributed by atoms with Crippen molar-refractivity contribution in [2.45, 2.75) is 70.5 Å². The molecule has 0 aromatic heterocycles. The number of likely N-dealkylation sites (tertiary alicyclic amines) is 1. The summed E-state index contributed by atoms with van der Waals surface area (Å²) in [4.78, 5) is 28.8. The van der Waals surface area contributed by atoms with Gasteiger partial charge in [0.05, 0.1) is 0 Å². The lowest BCUT2D eigenvalue weighted by atomic mass is 9.97. The summed E-state index contributed by atoms with van der Waals surface area (Å²) in [6.07, 6.45) is 6.34. The molecule has 2 N–H and O–H groups in total. The van der Waals surface area contributed by atoms with Crippen molar-refractivity contribution in [2.75, 3.05) is 39.4 Å². The van der Waals surface area contributed by atoms with E-state index in [-0.39, 0.29) is 12.1 Å². The molecule has 0 unspecified atom stereocenters. The Kier molecular flexibility index (Phi) is 7.35. The molecule has 3 rings (SSSR count). The monoisotopic (exact) mass is 380 g/mol. The summed E-state index contributed by atoms with van der Waals surface area (Å²) in [6, 6.07) is 1.06. The number of nitrogens with zero attached hydrogens (tertiary/aromatic N) is 2. The minimum absolute atomic E-state index is 0.0956. The van der Waals surface area contributed by atoms with Gasteiger partial charge in [-0.3, -0.25) is 9.69 Å². The molecule has 7 nitrogen and oxygen atoms in total. The van der Waals surface area contributed by atoms with Gasteiger partial charge >= 0.3 is 6.03 Å². The van der Waals surface area contributed by atoms with Crippen LogP contribution in [0.1, 0.15) is 52.4 Å². The van der Waals surface area contributed by atoms with E-state index >= 15 is 0 Å². The van der Waals surface area contributed by atoms with E-state index in [4.69, 9.17) is 4.74 Å². The summed E-state index contributed by atoms with van der Waals surface area (Å²) in [7, 11) is 0. The Morgan fingerprint density at radius 2 is 1.67 bits per heavy atom. The van der Waals surface area contributed by atoms with Crippen LogP contribution in [0.3, 0.4) is 0 Å². The molecule has 154 valence electrons. The number of hydrogen-bond acceptors (Lipinski definition) is 4. The van der Waals surface area contributed by atoms with Crippen LogP contribution in [0.15, 0.2) is 0 Å². The van der Waals surface area contributed by atoms with E-state index in [0.717, 1.165) is 71.4 Å². The van der Waals surface area contributed by atoms with Crippen molar-refractivity contribution < 1.29 is 14.3 Å². The largest absolute Gasteiger partial charge is 0.381 e. The molecule has 0 bridgehead atoms.